The largest absolute Gasteiger partial charge is 0.392 e. The van der Waals surface area contributed by atoms with Gasteiger partial charge in [0, 0.05) is 25.7 Å². The van der Waals surface area contributed by atoms with Crippen LogP contribution in [0.5, 0.6) is 0 Å². The summed E-state index contributed by atoms with van der Waals surface area (Å²) in [6, 6.07) is 0.225. The number of halogens is 3. The van der Waals surface area contributed by atoms with Crippen LogP contribution < -0.4 is 10.2 Å². The molecule has 0 bridgehead atoms. The molecule has 2 fully saturated rings. The summed E-state index contributed by atoms with van der Waals surface area (Å²) in [5.74, 6) is 0.973. The number of aliphatic hydroxyl groups excluding tert-OH is 1. The van der Waals surface area contributed by atoms with E-state index in [4.69, 9.17) is 0 Å². The molecule has 7 nitrogen and oxygen atoms in total. The number of fused-ring (bicyclic) bond motifs is 1. The van der Waals surface area contributed by atoms with Crippen LogP contribution in [0.2, 0.25) is 0 Å². The van der Waals surface area contributed by atoms with Gasteiger partial charge in [-0.1, -0.05) is 0 Å². The Bertz CT molecular complexity index is 694. The summed E-state index contributed by atoms with van der Waals surface area (Å²) >= 11 is 0. The van der Waals surface area contributed by atoms with Crippen LogP contribution in [-0.2, 0) is 6.54 Å². The minimum Gasteiger partial charge on any atom is -0.392 e. The molecule has 0 aliphatic carbocycles. The molecule has 0 spiro atoms. The molecule has 2 aromatic rings. The first-order chi connectivity index (χ1) is 11.8. The van der Waals surface area contributed by atoms with Crippen molar-refractivity contribution in [1.29, 1.82) is 0 Å². The van der Waals surface area contributed by atoms with Crippen molar-refractivity contribution in [3.05, 3.63) is 12.7 Å². The quantitative estimate of drug-likeness (QED) is 0.745. The number of imidazole rings is 1. The molecular weight excluding hydrogens is 411 g/mol. The third-order valence-electron chi connectivity index (χ3n) is 5.25. The van der Waals surface area contributed by atoms with Crippen molar-refractivity contribution < 1.29 is 5.11 Å². The standard InChI is InChI=1S/C17H26N6O.3ClH/c24-14-6-3-7-18-13(14)5-4-10-23-12-21-15-16(19-11-20-17(15)23)22-8-1-2-9-22;;;/h11-14,18,24H,1-10H2;3*1H/t13-,14+;;;/m1.../s1. The van der Waals surface area contributed by atoms with Gasteiger partial charge < -0.3 is 19.9 Å². The first-order valence-corrected chi connectivity index (χ1v) is 9.15. The fourth-order valence-electron chi connectivity index (χ4n) is 3.90. The molecule has 2 atom stereocenters. The molecule has 2 aromatic heterocycles. The van der Waals surface area contributed by atoms with Gasteiger partial charge in [-0.2, -0.15) is 0 Å². The number of hydrogen-bond donors (Lipinski definition) is 2. The summed E-state index contributed by atoms with van der Waals surface area (Å²) in [7, 11) is 0. The van der Waals surface area contributed by atoms with E-state index in [-0.39, 0.29) is 49.4 Å². The van der Waals surface area contributed by atoms with Crippen molar-refractivity contribution in [3.63, 3.8) is 0 Å². The van der Waals surface area contributed by atoms with Gasteiger partial charge in [0.25, 0.3) is 0 Å². The Balaban J connectivity index is 0.00000121. The molecule has 0 saturated carbocycles. The average Bonchev–Trinajstić information content (AvgIpc) is 3.26. The maximum atomic E-state index is 10.0. The minimum atomic E-state index is -0.206. The van der Waals surface area contributed by atoms with Crippen LogP contribution in [0.15, 0.2) is 12.7 Å². The molecule has 4 heterocycles. The molecule has 10 heteroatoms. The molecule has 154 valence electrons. The van der Waals surface area contributed by atoms with Crippen LogP contribution in [0.3, 0.4) is 0 Å². The summed E-state index contributed by atoms with van der Waals surface area (Å²) in [4.78, 5) is 15.8. The number of anilines is 1. The van der Waals surface area contributed by atoms with Gasteiger partial charge in [0.1, 0.15) is 6.33 Å². The van der Waals surface area contributed by atoms with Crippen LogP contribution in [0.25, 0.3) is 11.2 Å². The van der Waals surface area contributed by atoms with E-state index in [2.05, 4.69) is 29.7 Å². The zero-order chi connectivity index (χ0) is 16.4. The second-order valence-electron chi connectivity index (χ2n) is 6.91. The Labute approximate surface area is 178 Å². The van der Waals surface area contributed by atoms with E-state index in [1.54, 1.807) is 6.33 Å². The predicted octanol–water partition coefficient (Wildman–Crippen LogP) is 2.59. The Kier molecular flexibility index (Phi) is 10.0. The Morgan fingerprint density at radius 1 is 1.07 bits per heavy atom. The zero-order valence-electron chi connectivity index (χ0n) is 15.3. The lowest BCUT2D eigenvalue weighted by Gasteiger charge is -2.28. The van der Waals surface area contributed by atoms with Crippen LogP contribution >= 0.6 is 37.2 Å². The highest BCUT2D eigenvalue weighted by Gasteiger charge is 2.22. The maximum Gasteiger partial charge on any atom is 0.165 e. The van der Waals surface area contributed by atoms with Crippen molar-refractivity contribution in [2.45, 2.75) is 57.2 Å². The number of aryl methyl sites for hydroxylation is 1. The monoisotopic (exact) mass is 438 g/mol. The molecule has 4 rings (SSSR count). The average molecular weight is 440 g/mol. The molecule has 2 saturated heterocycles. The van der Waals surface area contributed by atoms with Crippen LogP contribution in [0.1, 0.15) is 38.5 Å². The summed E-state index contributed by atoms with van der Waals surface area (Å²) in [6.45, 7) is 4.01. The van der Waals surface area contributed by atoms with E-state index < -0.39 is 0 Å². The van der Waals surface area contributed by atoms with E-state index in [1.807, 2.05) is 6.33 Å². The summed E-state index contributed by atoms with van der Waals surface area (Å²) in [6.07, 6.45) is 9.74. The smallest absolute Gasteiger partial charge is 0.165 e. The molecule has 27 heavy (non-hydrogen) atoms. The highest BCUT2D eigenvalue weighted by Crippen LogP contribution is 2.25. The molecule has 2 aliphatic rings. The van der Waals surface area contributed by atoms with Gasteiger partial charge >= 0.3 is 0 Å². The van der Waals surface area contributed by atoms with Crippen molar-refractivity contribution in [3.8, 4) is 0 Å². The Hall–Kier alpha value is -0.860. The molecule has 0 radical (unpaired) electrons. The Morgan fingerprint density at radius 3 is 2.59 bits per heavy atom. The second-order valence-corrected chi connectivity index (χ2v) is 6.91. The highest BCUT2D eigenvalue weighted by molar-refractivity contribution is 5.86. The van der Waals surface area contributed by atoms with Crippen LogP contribution in [-0.4, -0.2) is 56.4 Å². The number of hydrogen-bond acceptors (Lipinski definition) is 6. The fraction of sp³-hybridized carbons (Fsp3) is 0.706. The van der Waals surface area contributed by atoms with Crippen LogP contribution in [0.4, 0.5) is 5.82 Å². The van der Waals surface area contributed by atoms with E-state index in [1.165, 1.54) is 12.8 Å². The van der Waals surface area contributed by atoms with Crippen LogP contribution in [0, 0.1) is 0 Å². The number of piperidine rings is 1. The normalized spacial score (nSPS) is 22.0. The molecular formula is C17H29Cl3N6O. The van der Waals surface area contributed by atoms with Gasteiger partial charge in [0.05, 0.1) is 12.4 Å². The SMILES string of the molecule is Cl.Cl.Cl.O[C@H]1CCCN[C@@H]1CCCn1cnc2c(N3CCCC3)ncnc21. The first kappa shape index (κ1) is 24.2. The van der Waals surface area contributed by atoms with E-state index in [0.717, 1.165) is 68.8 Å². The lowest BCUT2D eigenvalue weighted by atomic mass is 9.97. The third-order valence-corrected chi connectivity index (χ3v) is 5.25. The lowest BCUT2D eigenvalue weighted by Crippen LogP contribution is -2.44. The lowest BCUT2D eigenvalue weighted by molar-refractivity contribution is 0.0909. The number of aliphatic hydroxyl groups is 1. The summed E-state index contributed by atoms with van der Waals surface area (Å²) < 4.78 is 2.12. The molecule has 2 aliphatic heterocycles. The van der Waals surface area contributed by atoms with Crippen molar-refractivity contribution in [2.75, 3.05) is 24.5 Å². The number of nitrogens with zero attached hydrogens (tertiary/aromatic N) is 5. The van der Waals surface area contributed by atoms with Crippen molar-refractivity contribution >= 4 is 54.2 Å². The van der Waals surface area contributed by atoms with Gasteiger partial charge in [-0.25, -0.2) is 15.0 Å². The van der Waals surface area contributed by atoms with Gasteiger partial charge in [-0.3, -0.25) is 0 Å². The molecule has 2 N–H and O–H groups in total. The second kappa shape index (κ2) is 11.2. The van der Waals surface area contributed by atoms with Gasteiger partial charge in [-0.05, 0) is 45.1 Å². The fourth-order valence-corrected chi connectivity index (χ4v) is 3.90. The highest BCUT2D eigenvalue weighted by atomic mass is 35.5. The molecule has 0 aromatic carbocycles. The van der Waals surface area contributed by atoms with Crippen molar-refractivity contribution in [2.24, 2.45) is 0 Å². The van der Waals surface area contributed by atoms with E-state index in [0.29, 0.717) is 0 Å². The minimum absolute atomic E-state index is 0. The topological polar surface area (TPSA) is 79.1 Å². The van der Waals surface area contributed by atoms with Crippen molar-refractivity contribution in [1.82, 2.24) is 24.8 Å². The number of rotatable bonds is 5. The van der Waals surface area contributed by atoms with E-state index >= 15 is 0 Å². The molecule has 0 unspecified atom stereocenters. The molecule has 0 amide bonds. The number of aromatic nitrogens is 4. The summed E-state index contributed by atoms with van der Waals surface area (Å²) in [5.41, 5.74) is 1.83. The van der Waals surface area contributed by atoms with E-state index in [9.17, 15) is 5.11 Å². The summed E-state index contributed by atoms with van der Waals surface area (Å²) in [5, 5.41) is 13.5. The first-order valence-electron chi connectivity index (χ1n) is 9.15. The van der Waals surface area contributed by atoms with Gasteiger partial charge in [0.15, 0.2) is 17.0 Å². The van der Waals surface area contributed by atoms with Gasteiger partial charge in [0.2, 0.25) is 0 Å². The van der Waals surface area contributed by atoms with Gasteiger partial charge in [-0.15, -0.1) is 37.2 Å². The maximum absolute atomic E-state index is 10.0. The zero-order valence-corrected chi connectivity index (χ0v) is 17.7. The third kappa shape index (κ3) is 5.35. The predicted molar refractivity (Wildman–Crippen MR) is 115 cm³/mol. The Morgan fingerprint density at radius 2 is 1.85 bits per heavy atom. The number of nitrogens with one attached hydrogen (secondary N) is 1.